The molecule has 162 valence electrons. The van der Waals surface area contributed by atoms with Crippen molar-refractivity contribution in [3.8, 4) is 11.5 Å². The third-order valence-electron chi connectivity index (χ3n) is 5.45. The molecule has 3 aromatic carbocycles. The number of sulfonamides is 1. The van der Waals surface area contributed by atoms with Crippen LogP contribution in [0.3, 0.4) is 0 Å². The molecule has 0 bridgehead atoms. The van der Waals surface area contributed by atoms with Crippen LogP contribution in [-0.4, -0.2) is 37.6 Å². The van der Waals surface area contributed by atoms with E-state index in [1.54, 1.807) is 26.4 Å². The third kappa shape index (κ3) is 4.50. The second kappa shape index (κ2) is 9.05. The number of ether oxygens (including phenoxy) is 2. The maximum atomic E-state index is 13.2. The van der Waals surface area contributed by atoms with E-state index in [4.69, 9.17) is 9.47 Å². The normalized spacial score (nSPS) is 17.9. The Labute approximate surface area is 190 Å². The van der Waals surface area contributed by atoms with E-state index in [9.17, 15) is 8.42 Å². The molecule has 0 amide bonds. The monoisotopic (exact) mass is 503 g/mol. The van der Waals surface area contributed by atoms with Crippen LogP contribution in [0.2, 0.25) is 4.82 Å². The summed E-state index contributed by atoms with van der Waals surface area (Å²) in [4.78, 5) is 0.374. The van der Waals surface area contributed by atoms with E-state index in [2.05, 4.69) is 10.8 Å². The van der Waals surface area contributed by atoms with Crippen LogP contribution in [0.4, 0.5) is 0 Å². The molecule has 0 spiro atoms. The van der Waals surface area contributed by atoms with Crippen LogP contribution in [0.5, 0.6) is 11.5 Å². The van der Waals surface area contributed by atoms with Crippen molar-refractivity contribution in [1.82, 2.24) is 4.72 Å². The topological polar surface area (TPSA) is 64.6 Å². The average Bonchev–Trinajstić information content (AvgIpc) is 3.10. The van der Waals surface area contributed by atoms with Gasteiger partial charge in [0.2, 0.25) is 0 Å². The maximum absolute atomic E-state index is 13.2. The summed E-state index contributed by atoms with van der Waals surface area (Å²) in [5.41, 5.74) is 3.24. The summed E-state index contributed by atoms with van der Waals surface area (Å²) in [6.07, 6.45) is 0.804. The van der Waals surface area contributed by atoms with Gasteiger partial charge in [0, 0.05) is 0 Å². The van der Waals surface area contributed by atoms with Crippen LogP contribution < -0.4 is 18.7 Å². The molecule has 0 unspecified atom stereocenters. The summed E-state index contributed by atoms with van der Waals surface area (Å²) in [6.45, 7) is 1.94. The van der Waals surface area contributed by atoms with Crippen molar-refractivity contribution in [2.24, 2.45) is 0 Å². The first kappa shape index (κ1) is 21.9. The predicted octanol–water partition coefficient (Wildman–Crippen LogP) is 3.41. The van der Waals surface area contributed by atoms with Crippen molar-refractivity contribution >= 4 is 29.4 Å². The van der Waals surface area contributed by atoms with E-state index in [-0.39, 0.29) is 30.7 Å². The molecule has 0 saturated heterocycles. The van der Waals surface area contributed by atoms with Crippen molar-refractivity contribution in [2.75, 3.05) is 14.2 Å². The molecule has 2 atom stereocenters. The molecule has 31 heavy (non-hydrogen) atoms. The number of hydrogen-bond acceptors (Lipinski definition) is 4. The molecule has 0 aromatic heterocycles. The Morgan fingerprint density at radius 2 is 1.55 bits per heavy atom. The number of rotatable bonds is 7. The van der Waals surface area contributed by atoms with Gasteiger partial charge in [-0.2, -0.15) is 0 Å². The number of fused-ring (bicyclic) bond motifs is 1. The Balaban J connectivity index is 1.70. The molecule has 1 N–H and O–H groups in total. The third-order valence-corrected chi connectivity index (χ3v) is 9.80. The SMILES string of the molecule is COc1cccc(OC)c1[Se][C@H]1Cc2ccccc2[C@@H]1NS(=O)(=O)c1ccc(C)cc1. The molecule has 1 aliphatic carbocycles. The van der Waals surface area contributed by atoms with Crippen molar-refractivity contribution in [1.29, 1.82) is 0 Å². The van der Waals surface area contributed by atoms with Crippen molar-refractivity contribution in [2.45, 2.75) is 29.1 Å². The van der Waals surface area contributed by atoms with Crippen LogP contribution >= 0.6 is 0 Å². The van der Waals surface area contributed by atoms with E-state index >= 15 is 0 Å². The number of aryl methyl sites for hydroxylation is 1. The van der Waals surface area contributed by atoms with Crippen molar-refractivity contribution in [3.05, 3.63) is 83.4 Å². The van der Waals surface area contributed by atoms with E-state index < -0.39 is 10.0 Å². The van der Waals surface area contributed by atoms with E-state index in [1.807, 2.05) is 55.5 Å². The minimum absolute atomic E-state index is 0.0859. The fourth-order valence-corrected chi connectivity index (χ4v) is 8.34. The Bertz CT molecular complexity index is 1160. The van der Waals surface area contributed by atoms with Crippen LogP contribution in [0.25, 0.3) is 0 Å². The molecule has 1 aliphatic rings. The average molecular weight is 502 g/mol. The molecular weight excluding hydrogens is 477 g/mol. The first-order valence-corrected chi connectivity index (χ1v) is 13.3. The van der Waals surface area contributed by atoms with Gasteiger partial charge in [-0.15, -0.1) is 0 Å². The van der Waals surface area contributed by atoms with Gasteiger partial charge in [-0.1, -0.05) is 0 Å². The first-order chi connectivity index (χ1) is 14.9. The summed E-state index contributed by atoms with van der Waals surface area (Å²) in [6, 6.07) is 20.5. The zero-order chi connectivity index (χ0) is 22.0. The summed E-state index contributed by atoms with van der Waals surface area (Å²) in [5.74, 6) is 1.55. The number of nitrogens with one attached hydrogen (secondary N) is 1. The van der Waals surface area contributed by atoms with Crippen LogP contribution in [0.15, 0.2) is 71.6 Å². The van der Waals surface area contributed by atoms with Crippen molar-refractivity contribution in [3.63, 3.8) is 0 Å². The summed E-state index contributed by atoms with van der Waals surface area (Å²) < 4.78 is 41.6. The molecule has 3 aromatic rings. The number of benzene rings is 3. The summed E-state index contributed by atoms with van der Waals surface area (Å²) in [7, 11) is -0.366. The first-order valence-electron chi connectivity index (χ1n) is 9.97. The molecule has 7 heteroatoms. The predicted molar refractivity (Wildman–Crippen MR) is 123 cm³/mol. The summed E-state index contributed by atoms with van der Waals surface area (Å²) in [5, 5.41) is 0. The fourth-order valence-electron chi connectivity index (χ4n) is 3.84. The second-order valence-corrected chi connectivity index (χ2v) is 11.8. The fraction of sp³-hybridized carbons (Fsp3) is 0.250. The van der Waals surface area contributed by atoms with Crippen LogP contribution in [0.1, 0.15) is 22.7 Å². The van der Waals surface area contributed by atoms with Gasteiger partial charge in [0.25, 0.3) is 0 Å². The van der Waals surface area contributed by atoms with Crippen LogP contribution in [-0.2, 0) is 16.4 Å². The second-order valence-electron chi connectivity index (χ2n) is 7.46. The molecule has 4 rings (SSSR count). The summed E-state index contributed by atoms with van der Waals surface area (Å²) >= 11 is -0.0859. The Hall–Kier alpha value is -2.31. The van der Waals surface area contributed by atoms with E-state index in [0.717, 1.165) is 33.5 Å². The zero-order valence-corrected chi connectivity index (χ0v) is 20.2. The Morgan fingerprint density at radius 1 is 0.903 bits per heavy atom. The Morgan fingerprint density at radius 3 is 2.19 bits per heavy atom. The van der Waals surface area contributed by atoms with Crippen molar-refractivity contribution < 1.29 is 17.9 Å². The quantitative estimate of drug-likeness (QED) is 0.503. The standard InChI is InChI=1S/C24H25NO4SSe/c1-16-11-13-18(14-12-16)30(26,27)25-23-19-8-5-4-7-17(19)15-22(23)31-24-20(28-2)9-6-10-21(24)29-3/h4-14,22-23,25H,15H2,1-3H3/t22-,23-/m0/s1. The van der Waals surface area contributed by atoms with Gasteiger partial charge in [0.05, 0.1) is 0 Å². The van der Waals surface area contributed by atoms with E-state index in [0.29, 0.717) is 0 Å². The van der Waals surface area contributed by atoms with Gasteiger partial charge in [0.1, 0.15) is 0 Å². The zero-order valence-electron chi connectivity index (χ0n) is 17.7. The minimum atomic E-state index is -3.66. The van der Waals surface area contributed by atoms with Crippen LogP contribution in [0, 0.1) is 6.92 Å². The van der Waals surface area contributed by atoms with Gasteiger partial charge >= 0.3 is 190 Å². The Kier molecular flexibility index (Phi) is 6.39. The van der Waals surface area contributed by atoms with Gasteiger partial charge in [-0.05, 0) is 0 Å². The van der Waals surface area contributed by atoms with Gasteiger partial charge in [-0.3, -0.25) is 0 Å². The molecule has 0 radical (unpaired) electrons. The van der Waals surface area contributed by atoms with E-state index in [1.165, 1.54) is 5.56 Å². The molecule has 0 heterocycles. The molecule has 0 aliphatic heterocycles. The molecular formula is C24H25NO4SSe. The van der Waals surface area contributed by atoms with Gasteiger partial charge < -0.3 is 0 Å². The number of hydrogen-bond donors (Lipinski definition) is 1. The number of methoxy groups -OCH3 is 2. The molecule has 0 saturated carbocycles. The van der Waals surface area contributed by atoms with Gasteiger partial charge in [-0.25, -0.2) is 0 Å². The van der Waals surface area contributed by atoms with Gasteiger partial charge in [0.15, 0.2) is 0 Å². The molecule has 0 fully saturated rings. The molecule has 5 nitrogen and oxygen atoms in total.